The van der Waals surface area contributed by atoms with Crippen LogP contribution in [0.3, 0.4) is 0 Å². The number of nitrogens with zero attached hydrogens (tertiary/aromatic N) is 2. The minimum absolute atomic E-state index is 0.233. The summed E-state index contributed by atoms with van der Waals surface area (Å²) < 4.78 is 13.3. The summed E-state index contributed by atoms with van der Waals surface area (Å²) in [5.41, 5.74) is 1.17. The predicted octanol–water partition coefficient (Wildman–Crippen LogP) is 1.90. The third-order valence-electron chi connectivity index (χ3n) is 3.44. The van der Waals surface area contributed by atoms with E-state index in [9.17, 15) is 9.50 Å². The van der Waals surface area contributed by atoms with Crippen LogP contribution in [0, 0.1) is 23.1 Å². The van der Waals surface area contributed by atoms with Crippen molar-refractivity contribution in [2.24, 2.45) is 5.92 Å². The van der Waals surface area contributed by atoms with Crippen LogP contribution in [-0.2, 0) is 6.54 Å². The van der Waals surface area contributed by atoms with Gasteiger partial charge in [0.1, 0.15) is 5.82 Å². The number of hydrogen-bond acceptors (Lipinski definition) is 3. The first-order chi connectivity index (χ1) is 8.58. The zero-order chi connectivity index (χ0) is 13.1. The van der Waals surface area contributed by atoms with Gasteiger partial charge in [0.15, 0.2) is 0 Å². The fourth-order valence-corrected chi connectivity index (χ4v) is 2.43. The Hall–Kier alpha value is -1.44. The first kappa shape index (κ1) is 13.0. The Morgan fingerprint density at radius 2 is 2.28 bits per heavy atom. The summed E-state index contributed by atoms with van der Waals surface area (Å²) in [5.74, 6) is -0.128. The van der Waals surface area contributed by atoms with E-state index in [-0.39, 0.29) is 17.8 Å². The topological polar surface area (TPSA) is 47.3 Å². The molecule has 2 atom stereocenters. The van der Waals surface area contributed by atoms with Crippen LogP contribution in [0.25, 0.3) is 0 Å². The standard InChI is InChI=1S/C14H17FN2O/c1-10-8-17(3-2-14(10)18)9-12-4-11(7-16)5-13(15)6-12/h4-6,10,14,18H,2-3,8-9H2,1H3. The van der Waals surface area contributed by atoms with E-state index < -0.39 is 0 Å². The summed E-state index contributed by atoms with van der Waals surface area (Å²) in [5, 5.41) is 18.5. The van der Waals surface area contributed by atoms with Gasteiger partial charge in [-0.05, 0) is 36.1 Å². The molecule has 0 spiro atoms. The summed E-state index contributed by atoms with van der Waals surface area (Å²) in [6.45, 7) is 4.26. The van der Waals surface area contributed by atoms with Gasteiger partial charge in [0.05, 0.1) is 17.7 Å². The summed E-state index contributed by atoms with van der Waals surface area (Å²) in [6.07, 6.45) is 0.519. The van der Waals surface area contributed by atoms with E-state index in [1.807, 2.05) is 13.0 Å². The van der Waals surface area contributed by atoms with Gasteiger partial charge in [-0.15, -0.1) is 0 Å². The average molecular weight is 248 g/mol. The molecule has 96 valence electrons. The van der Waals surface area contributed by atoms with E-state index in [1.54, 1.807) is 6.07 Å². The van der Waals surface area contributed by atoms with Crippen molar-refractivity contribution in [3.63, 3.8) is 0 Å². The SMILES string of the molecule is CC1CN(Cc2cc(F)cc(C#N)c2)CCC1O. The fraction of sp³-hybridized carbons (Fsp3) is 0.500. The number of aliphatic hydroxyl groups is 1. The Morgan fingerprint density at radius 3 is 2.94 bits per heavy atom. The third kappa shape index (κ3) is 3.06. The number of piperidine rings is 1. The molecule has 2 unspecified atom stereocenters. The second-order valence-electron chi connectivity index (χ2n) is 5.03. The van der Waals surface area contributed by atoms with Crippen LogP contribution >= 0.6 is 0 Å². The number of hydrogen-bond donors (Lipinski definition) is 1. The highest BCUT2D eigenvalue weighted by atomic mass is 19.1. The summed E-state index contributed by atoms with van der Waals surface area (Å²) in [6, 6.07) is 6.39. The fourth-order valence-electron chi connectivity index (χ4n) is 2.43. The second-order valence-corrected chi connectivity index (χ2v) is 5.03. The monoisotopic (exact) mass is 248 g/mol. The van der Waals surface area contributed by atoms with Crippen LogP contribution in [-0.4, -0.2) is 29.2 Å². The van der Waals surface area contributed by atoms with Gasteiger partial charge in [-0.1, -0.05) is 6.92 Å². The first-order valence-corrected chi connectivity index (χ1v) is 6.18. The average Bonchev–Trinajstić information content (AvgIpc) is 2.33. The molecule has 1 N–H and O–H groups in total. The number of rotatable bonds is 2. The molecule has 4 heteroatoms. The number of benzene rings is 1. The van der Waals surface area contributed by atoms with E-state index >= 15 is 0 Å². The van der Waals surface area contributed by atoms with Gasteiger partial charge in [-0.2, -0.15) is 5.26 Å². The predicted molar refractivity (Wildman–Crippen MR) is 66.2 cm³/mol. The van der Waals surface area contributed by atoms with Crippen LogP contribution in [0.2, 0.25) is 0 Å². The zero-order valence-corrected chi connectivity index (χ0v) is 10.4. The maximum atomic E-state index is 13.3. The molecular weight excluding hydrogens is 231 g/mol. The molecule has 0 amide bonds. The molecule has 1 aromatic rings. The summed E-state index contributed by atoms with van der Waals surface area (Å²) in [7, 11) is 0. The highest BCUT2D eigenvalue weighted by Crippen LogP contribution is 2.19. The Bertz CT molecular complexity index is 469. The number of likely N-dealkylation sites (tertiary alicyclic amines) is 1. The quantitative estimate of drug-likeness (QED) is 0.869. The maximum absolute atomic E-state index is 13.3. The lowest BCUT2D eigenvalue weighted by Crippen LogP contribution is -2.41. The molecule has 0 saturated carbocycles. The van der Waals surface area contributed by atoms with Crippen molar-refractivity contribution in [1.82, 2.24) is 4.90 Å². The maximum Gasteiger partial charge on any atom is 0.124 e. The minimum atomic E-state index is -0.367. The van der Waals surface area contributed by atoms with Crippen molar-refractivity contribution >= 4 is 0 Å². The molecule has 0 aromatic heterocycles. The molecule has 2 rings (SSSR count). The van der Waals surface area contributed by atoms with Gasteiger partial charge in [-0.3, -0.25) is 4.90 Å². The normalized spacial score (nSPS) is 24.8. The van der Waals surface area contributed by atoms with E-state index in [1.165, 1.54) is 12.1 Å². The number of nitriles is 1. The highest BCUT2D eigenvalue weighted by Gasteiger charge is 2.24. The largest absolute Gasteiger partial charge is 0.393 e. The van der Waals surface area contributed by atoms with Gasteiger partial charge in [0.25, 0.3) is 0 Å². The van der Waals surface area contributed by atoms with Crippen molar-refractivity contribution in [1.29, 1.82) is 5.26 Å². The number of aliphatic hydroxyl groups excluding tert-OH is 1. The molecule has 1 aromatic carbocycles. The van der Waals surface area contributed by atoms with Gasteiger partial charge in [-0.25, -0.2) is 4.39 Å². The van der Waals surface area contributed by atoms with Gasteiger partial charge >= 0.3 is 0 Å². The summed E-state index contributed by atoms with van der Waals surface area (Å²) >= 11 is 0. The molecule has 18 heavy (non-hydrogen) atoms. The third-order valence-corrected chi connectivity index (χ3v) is 3.44. The Labute approximate surface area is 106 Å². The first-order valence-electron chi connectivity index (χ1n) is 6.18. The number of halogens is 1. The van der Waals surface area contributed by atoms with E-state index in [0.29, 0.717) is 12.1 Å². The summed E-state index contributed by atoms with van der Waals surface area (Å²) in [4.78, 5) is 2.19. The van der Waals surface area contributed by atoms with Crippen molar-refractivity contribution in [2.45, 2.75) is 26.0 Å². The van der Waals surface area contributed by atoms with Crippen LogP contribution in [0.15, 0.2) is 18.2 Å². The molecule has 0 bridgehead atoms. The molecule has 0 aliphatic carbocycles. The van der Waals surface area contributed by atoms with Crippen molar-refractivity contribution in [2.75, 3.05) is 13.1 Å². The molecule has 1 fully saturated rings. The molecule has 1 aliphatic heterocycles. The lowest BCUT2D eigenvalue weighted by atomic mass is 9.96. The van der Waals surface area contributed by atoms with Crippen molar-refractivity contribution in [3.8, 4) is 6.07 Å². The lowest BCUT2D eigenvalue weighted by molar-refractivity contribution is 0.0320. The van der Waals surface area contributed by atoms with Gasteiger partial charge in [0.2, 0.25) is 0 Å². The Kier molecular flexibility index (Phi) is 3.95. The second kappa shape index (κ2) is 5.47. The molecule has 3 nitrogen and oxygen atoms in total. The van der Waals surface area contributed by atoms with Crippen molar-refractivity contribution in [3.05, 3.63) is 35.1 Å². The van der Waals surface area contributed by atoms with E-state index in [4.69, 9.17) is 5.26 Å². The van der Waals surface area contributed by atoms with Crippen LogP contribution in [0.1, 0.15) is 24.5 Å². The highest BCUT2D eigenvalue weighted by molar-refractivity contribution is 5.33. The van der Waals surface area contributed by atoms with Gasteiger partial charge in [0, 0.05) is 19.6 Å². The van der Waals surface area contributed by atoms with Crippen LogP contribution < -0.4 is 0 Å². The molecule has 1 saturated heterocycles. The lowest BCUT2D eigenvalue weighted by Gasteiger charge is -2.34. The van der Waals surface area contributed by atoms with Crippen molar-refractivity contribution < 1.29 is 9.50 Å². The van der Waals surface area contributed by atoms with E-state index in [0.717, 1.165) is 25.1 Å². The minimum Gasteiger partial charge on any atom is -0.393 e. The molecular formula is C14H17FN2O. The Balaban J connectivity index is 2.06. The zero-order valence-electron chi connectivity index (χ0n) is 10.4. The van der Waals surface area contributed by atoms with Crippen LogP contribution in [0.5, 0.6) is 0 Å². The van der Waals surface area contributed by atoms with Gasteiger partial charge < -0.3 is 5.11 Å². The smallest absolute Gasteiger partial charge is 0.124 e. The van der Waals surface area contributed by atoms with Crippen LogP contribution in [0.4, 0.5) is 4.39 Å². The van der Waals surface area contributed by atoms with E-state index in [2.05, 4.69) is 4.90 Å². The Morgan fingerprint density at radius 1 is 1.50 bits per heavy atom. The molecule has 1 heterocycles. The molecule has 0 radical (unpaired) electrons. The molecule has 1 aliphatic rings.